The molecule has 5 heteroatoms. The molecule has 0 aliphatic heterocycles. The van der Waals surface area contributed by atoms with Gasteiger partial charge in [-0.25, -0.2) is 0 Å². The van der Waals surface area contributed by atoms with E-state index in [4.69, 9.17) is 9.26 Å². The Hall–Kier alpha value is -1.36. The molecule has 1 aromatic heterocycles. The maximum absolute atomic E-state index is 5.70. The van der Waals surface area contributed by atoms with Crippen molar-refractivity contribution >= 4 is 15.9 Å². The summed E-state index contributed by atoms with van der Waals surface area (Å²) in [5.74, 6) is 2.26. The number of aryl methyl sites for hydroxylation is 2. The van der Waals surface area contributed by atoms with E-state index in [2.05, 4.69) is 26.1 Å². The average molecular weight is 325 g/mol. The molecule has 2 aromatic rings. The number of rotatable bonds is 4. The Bertz CT molecular complexity index is 556. The van der Waals surface area contributed by atoms with Crippen LogP contribution in [0.15, 0.2) is 21.1 Å². The molecule has 102 valence electrons. The first-order valence-corrected chi connectivity index (χ1v) is 6.98. The molecule has 4 nitrogen and oxygen atoms in total. The van der Waals surface area contributed by atoms with Crippen molar-refractivity contribution in [1.82, 2.24) is 10.1 Å². The monoisotopic (exact) mass is 324 g/mol. The third kappa shape index (κ3) is 3.35. The van der Waals surface area contributed by atoms with Crippen LogP contribution >= 0.6 is 15.9 Å². The zero-order valence-electron chi connectivity index (χ0n) is 11.5. The van der Waals surface area contributed by atoms with Crippen LogP contribution in [0.1, 0.15) is 42.6 Å². The molecule has 0 N–H and O–H groups in total. The fourth-order valence-electron chi connectivity index (χ4n) is 1.70. The van der Waals surface area contributed by atoms with Crippen molar-refractivity contribution in [2.45, 2.75) is 40.2 Å². The first-order valence-electron chi connectivity index (χ1n) is 6.19. The molecule has 0 bridgehead atoms. The highest BCUT2D eigenvalue weighted by atomic mass is 79.9. The van der Waals surface area contributed by atoms with Crippen molar-refractivity contribution in [1.29, 1.82) is 0 Å². The highest BCUT2D eigenvalue weighted by Gasteiger charge is 2.10. The summed E-state index contributed by atoms with van der Waals surface area (Å²) < 4.78 is 11.9. The molecule has 0 unspecified atom stereocenters. The van der Waals surface area contributed by atoms with Gasteiger partial charge in [-0.1, -0.05) is 34.9 Å². The van der Waals surface area contributed by atoms with E-state index in [0.29, 0.717) is 18.3 Å². The SMILES string of the molecule is Cc1cc(OCc2noc(C(C)C)n2)cc(C)c1Br. The van der Waals surface area contributed by atoms with Crippen molar-refractivity contribution in [2.75, 3.05) is 0 Å². The van der Waals surface area contributed by atoms with Crippen molar-refractivity contribution in [2.24, 2.45) is 0 Å². The molecule has 0 aliphatic carbocycles. The van der Waals surface area contributed by atoms with Crippen molar-refractivity contribution in [3.63, 3.8) is 0 Å². The lowest BCUT2D eigenvalue weighted by molar-refractivity contribution is 0.284. The van der Waals surface area contributed by atoms with Crippen LogP contribution in [0.4, 0.5) is 0 Å². The molecule has 0 amide bonds. The van der Waals surface area contributed by atoms with E-state index in [0.717, 1.165) is 21.3 Å². The van der Waals surface area contributed by atoms with Crippen LogP contribution in [0.5, 0.6) is 5.75 Å². The van der Waals surface area contributed by atoms with Gasteiger partial charge in [0.1, 0.15) is 5.75 Å². The van der Waals surface area contributed by atoms with E-state index < -0.39 is 0 Å². The number of hydrogen-bond donors (Lipinski definition) is 0. The van der Waals surface area contributed by atoms with Gasteiger partial charge in [-0.15, -0.1) is 0 Å². The van der Waals surface area contributed by atoms with Crippen LogP contribution in [0.2, 0.25) is 0 Å². The molecule has 0 atom stereocenters. The van der Waals surface area contributed by atoms with Crippen molar-refractivity contribution in [3.8, 4) is 5.75 Å². The molecule has 2 rings (SSSR count). The van der Waals surface area contributed by atoms with Gasteiger partial charge in [-0.3, -0.25) is 0 Å². The molecule has 1 aromatic carbocycles. The number of halogens is 1. The van der Waals surface area contributed by atoms with Crippen LogP contribution in [-0.4, -0.2) is 10.1 Å². The van der Waals surface area contributed by atoms with Gasteiger partial charge in [-0.05, 0) is 37.1 Å². The van der Waals surface area contributed by atoms with Crippen LogP contribution in [0.25, 0.3) is 0 Å². The quantitative estimate of drug-likeness (QED) is 0.847. The summed E-state index contributed by atoms with van der Waals surface area (Å²) in [6, 6.07) is 3.97. The van der Waals surface area contributed by atoms with Crippen LogP contribution < -0.4 is 4.74 Å². The maximum atomic E-state index is 5.70. The fraction of sp³-hybridized carbons (Fsp3) is 0.429. The molecule has 0 saturated heterocycles. The summed E-state index contributed by atoms with van der Waals surface area (Å²) in [4.78, 5) is 4.28. The third-order valence-electron chi connectivity index (χ3n) is 2.76. The smallest absolute Gasteiger partial charge is 0.229 e. The molecule has 0 aliphatic rings. The second kappa shape index (κ2) is 5.74. The minimum Gasteiger partial charge on any atom is -0.485 e. The Labute approximate surface area is 121 Å². The minimum atomic E-state index is 0.235. The van der Waals surface area contributed by atoms with E-state index in [9.17, 15) is 0 Å². The Morgan fingerprint density at radius 2 is 1.89 bits per heavy atom. The average Bonchev–Trinajstić information content (AvgIpc) is 2.82. The lowest BCUT2D eigenvalue weighted by Gasteiger charge is -2.08. The number of aromatic nitrogens is 2. The largest absolute Gasteiger partial charge is 0.485 e. The summed E-state index contributed by atoms with van der Waals surface area (Å²) >= 11 is 3.53. The first kappa shape index (κ1) is 14.1. The second-order valence-corrected chi connectivity index (χ2v) is 5.66. The normalized spacial score (nSPS) is 11.1. The van der Waals surface area contributed by atoms with Crippen molar-refractivity contribution < 1.29 is 9.26 Å². The van der Waals surface area contributed by atoms with E-state index in [1.807, 2.05) is 39.8 Å². The predicted molar refractivity (Wildman–Crippen MR) is 76.3 cm³/mol. The highest BCUT2D eigenvalue weighted by molar-refractivity contribution is 9.10. The van der Waals surface area contributed by atoms with Gasteiger partial charge in [0, 0.05) is 10.4 Å². The summed E-state index contributed by atoms with van der Waals surface area (Å²) in [6.45, 7) is 8.42. The summed E-state index contributed by atoms with van der Waals surface area (Å²) in [5.41, 5.74) is 2.29. The molecule has 0 fully saturated rings. The molecular weight excluding hydrogens is 308 g/mol. The maximum Gasteiger partial charge on any atom is 0.229 e. The van der Waals surface area contributed by atoms with E-state index in [1.165, 1.54) is 0 Å². The lowest BCUT2D eigenvalue weighted by atomic mass is 10.1. The molecule has 0 radical (unpaired) electrons. The predicted octanol–water partition coefficient (Wildman–Crippen LogP) is 4.15. The summed E-state index contributed by atoms with van der Waals surface area (Å²) in [5, 5.41) is 3.89. The molecule has 0 spiro atoms. The van der Waals surface area contributed by atoms with E-state index in [-0.39, 0.29) is 5.92 Å². The van der Waals surface area contributed by atoms with Crippen LogP contribution in [0, 0.1) is 13.8 Å². The van der Waals surface area contributed by atoms with Gasteiger partial charge in [-0.2, -0.15) is 4.98 Å². The molecule has 19 heavy (non-hydrogen) atoms. The second-order valence-electron chi connectivity index (χ2n) is 4.86. The van der Waals surface area contributed by atoms with Gasteiger partial charge >= 0.3 is 0 Å². The third-order valence-corrected chi connectivity index (χ3v) is 4.01. The van der Waals surface area contributed by atoms with Crippen LogP contribution in [0.3, 0.4) is 0 Å². The van der Waals surface area contributed by atoms with E-state index >= 15 is 0 Å². The Kier molecular flexibility index (Phi) is 4.24. The standard InChI is InChI=1S/C14H17BrN2O2/c1-8(2)14-16-12(17-19-14)7-18-11-5-9(3)13(15)10(4)6-11/h5-6,8H,7H2,1-4H3. The topological polar surface area (TPSA) is 48.2 Å². The number of ether oxygens (including phenoxy) is 1. The molecule has 1 heterocycles. The van der Waals surface area contributed by atoms with Gasteiger partial charge in [0.25, 0.3) is 0 Å². The summed E-state index contributed by atoms with van der Waals surface area (Å²) in [7, 11) is 0. The van der Waals surface area contributed by atoms with Crippen LogP contribution in [-0.2, 0) is 6.61 Å². The van der Waals surface area contributed by atoms with Gasteiger partial charge in [0.2, 0.25) is 11.7 Å². The molecular formula is C14H17BrN2O2. The zero-order valence-corrected chi connectivity index (χ0v) is 13.1. The Balaban J connectivity index is 2.06. The number of benzene rings is 1. The highest BCUT2D eigenvalue weighted by Crippen LogP contribution is 2.26. The minimum absolute atomic E-state index is 0.235. The number of nitrogens with zero attached hydrogens (tertiary/aromatic N) is 2. The number of hydrogen-bond acceptors (Lipinski definition) is 4. The Morgan fingerprint density at radius 3 is 2.42 bits per heavy atom. The summed E-state index contributed by atoms with van der Waals surface area (Å²) in [6.07, 6.45) is 0. The van der Waals surface area contributed by atoms with Gasteiger partial charge in [0.15, 0.2) is 6.61 Å². The Morgan fingerprint density at radius 1 is 1.26 bits per heavy atom. The van der Waals surface area contributed by atoms with Crippen molar-refractivity contribution in [3.05, 3.63) is 39.4 Å². The van der Waals surface area contributed by atoms with Gasteiger partial charge in [0.05, 0.1) is 0 Å². The lowest BCUT2D eigenvalue weighted by Crippen LogP contribution is -1.99. The van der Waals surface area contributed by atoms with E-state index in [1.54, 1.807) is 0 Å². The fourth-order valence-corrected chi connectivity index (χ4v) is 1.93. The van der Waals surface area contributed by atoms with Gasteiger partial charge < -0.3 is 9.26 Å². The first-order chi connectivity index (χ1) is 8.97. The molecule has 0 saturated carbocycles. The zero-order chi connectivity index (χ0) is 14.0.